The fourth-order valence-electron chi connectivity index (χ4n) is 4.03. The van der Waals surface area contributed by atoms with Gasteiger partial charge in [0, 0.05) is 17.2 Å². The highest BCUT2D eigenvalue weighted by molar-refractivity contribution is 5.48. The first-order valence-corrected chi connectivity index (χ1v) is 10.3. The molecule has 0 unspecified atom stereocenters. The lowest BCUT2D eigenvalue weighted by molar-refractivity contribution is 0.433. The van der Waals surface area contributed by atoms with Crippen molar-refractivity contribution in [1.29, 1.82) is 0 Å². The van der Waals surface area contributed by atoms with Crippen LogP contribution in [0.1, 0.15) is 84.2 Å². The zero-order valence-electron chi connectivity index (χ0n) is 17.6. The molecule has 6 heteroatoms. The molecule has 28 heavy (non-hydrogen) atoms. The van der Waals surface area contributed by atoms with E-state index in [9.17, 15) is 9.59 Å². The molecule has 0 aliphatic heterocycles. The largest absolute Gasteiger partial charge is 0.348 e. The molecule has 0 aromatic carbocycles. The van der Waals surface area contributed by atoms with E-state index in [-0.39, 0.29) is 27.9 Å². The Balaban J connectivity index is 2.22. The van der Waals surface area contributed by atoms with Gasteiger partial charge in [0.1, 0.15) is 10.7 Å². The van der Waals surface area contributed by atoms with Crippen LogP contribution in [0.2, 0.25) is 0 Å². The van der Waals surface area contributed by atoms with Crippen molar-refractivity contribution in [3.8, 4) is 0 Å². The molecule has 6 nitrogen and oxygen atoms in total. The molecule has 1 aliphatic rings. The maximum atomic E-state index is 13.2. The van der Waals surface area contributed by atoms with Gasteiger partial charge in [0.05, 0.1) is 12.0 Å². The number of hydrogen-bond donors (Lipinski definition) is 2. The minimum atomic E-state index is -0.210. The standard InChI is InChI=1S/C22H32N4O2/c1-14(2)26-18(11-15-9-7-6-8-10-15)20(27)25-17(21(26)28)12-16-19(22(3,4)5)24-13-23-16/h11-15H,6-10H2,1-5H3,(H,23,24)(H,25,27)/b17-12-,18-11-. The summed E-state index contributed by atoms with van der Waals surface area (Å²) in [5.74, 6) is 0.368. The number of aromatic amines is 2. The Labute approximate surface area is 165 Å². The van der Waals surface area contributed by atoms with Crippen molar-refractivity contribution in [3.63, 3.8) is 0 Å². The van der Waals surface area contributed by atoms with E-state index in [1.165, 1.54) is 19.3 Å². The van der Waals surface area contributed by atoms with Crippen molar-refractivity contribution in [2.75, 3.05) is 0 Å². The van der Waals surface area contributed by atoms with E-state index in [2.05, 4.69) is 35.7 Å². The predicted octanol–water partition coefficient (Wildman–Crippen LogP) is 2.33. The van der Waals surface area contributed by atoms with Crippen molar-refractivity contribution in [2.24, 2.45) is 5.92 Å². The van der Waals surface area contributed by atoms with E-state index in [4.69, 9.17) is 0 Å². The molecule has 2 aromatic heterocycles. The predicted molar refractivity (Wildman–Crippen MR) is 113 cm³/mol. The Bertz CT molecular complexity index is 1060. The fraction of sp³-hybridized carbons (Fsp3) is 0.591. The first-order valence-electron chi connectivity index (χ1n) is 10.3. The number of rotatable bonds is 3. The molecule has 1 saturated carbocycles. The van der Waals surface area contributed by atoms with Gasteiger partial charge in [-0.2, -0.15) is 0 Å². The lowest BCUT2D eigenvalue weighted by Crippen LogP contribution is -2.54. The van der Waals surface area contributed by atoms with Crippen LogP contribution in [-0.4, -0.2) is 19.5 Å². The second kappa shape index (κ2) is 7.94. The Kier molecular flexibility index (Phi) is 5.77. The van der Waals surface area contributed by atoms with E-state index in [0.29, 0.717) is 17.0 Å². The number of nitrogens with zero attached hydrogens (tertiary/aromatic N) is 2. The van der Waals surface area contributed by atoms with Crippen molar-refractivity contribution in [3.05, 3.63) is 49.1 Å². The minimum absolute atomic E-state index is 0.0990. The number of nitrogens with one attached hydrogen (secondary N) is 2. The van der Waals surface area contributed by atoms with E-state index in [1.807, 2.05) is 19.9 Å². The number of aromatic nitrogens is 4. The molecule has 2 N–H and O–H groups in total. The maximum Gasteiger partial charge on any atom is 0.275 e. The maximum absolute atomic E-state index is 13.2. The van der Waals surface area contributed by atoms with Gasteiger partial charge in [-0.15, -0.1) is 0 Å². The van der Waals surface area contributed by atoms with Crippen molar-refractivity contribution in [1.82, 2.24) is 19.5 Å². The normalized spacial score (nSPS) is 17.6. The Morgan fingerprint density at radius 3 is 2.46 bits per heavy atom. The molecule has 1 fully saturated rings. The summed E-state index contributed by atoms with van der Waals surface area (Å²) in [5.41, 5.74) is 1.08. The zero-order chi connectivity index (χ0) is 20.5. The third-order valence-electron chi connectivity index (χ3n) is 5.45. The SMILES string of the molecule is CC(C)n1c(=O)/c(=C/c2nc[nH]c2C(C)(C)C)[nH]c(=O)/c1=C/C1CCCCC1. The summed E-state index contributed by atoms with van der Waals surface area (Å²) in [5, 5.41) is 0.763. The number of imidazole rings is 1. The Hall–Kier alpha value is -2.37. The van der Waals surface area contributed by atoms with Gasteiger partial charge >= 0.3 is 0 Å². The number of hydrogen-bond acceptors (Lipinski definition) is 3. The Morgan fingerprint density at radius 2 is 1.86 bits per heavy atom. The molecule has 0 atom stereocenters. The van der Waals surface area contributed by atoms with E-state index >= 15 is 0 Å². The molecule has 152 valence electrons. The van der Waals surface area contributed by atoms with Crippen LogP contribution in [0.25, 0.3) is 12.2 Å². The average Bonchev–Trinajstić information content (AvgIpc) is 3.08. The second-order valence-electron chi connectivity index (χ2n) is 9.14. The van der Waals surface area contributed by atoms with E-state index < -0.39 is 0 Å². The summed E-state index contributed by atoms with van der Waals surface area (Å²) in [6, 6.07) is -0.0990. The molecule has 0 saturated heterocycles. The van der Waals surface area contributed by atoms with E-state index in [0.717, 1.165) is 18.5 Å². The van der Waals surface area contributed by atoms with Crippen molar-refractivity contribution >= 4 is 12.2 Å². The number of H-pyrrole nitrogens is 2. The van der Waals surface area contributed by atoms with Crippen LogP contribution in [0, 0.1) is 5.92 Å². The summed E-state index contributed by atoms with van der Waals surface area (Å²) >= 11 is 0. The summed E-state index contributed by atoms with van der Waals surface area (Å²) < 4.78 is 1.63. The molecule has 0 bridgehead atoms. The topological polar surface area (TPSA) is 83.5 Å². The van der Waals surface area contributed by atoms with E-state index in [1.54, 1.807) is 17.0 Å². The van der Waals surface area contributed by atoms with Crippen molar-refractivity contribution < 1.29 is 0 Å². The molecular formula is C22H32N4O2. The molecule has 2 heterocycles. The van der Waals surface area contributed by atoms with Gasteiger partial charge in [0.2, 0.25) is 0 Å². The highest BCUT2D eigenvalue weighted by Gasteiger charge is 2.20. The third kappa shape index (κ3) is 4.21. The van der Waals surface area contributed by atoms with Crippen LogP contribution >= 0.6 is 0 Å². The summed E-state index contributed by atoms with van der Waals surface area (Å²) in [7, 11) is 0. The molecule has 2 aromatic rings. The van der Waals surface area contributed by atoms with Crippen LogP contribution in [-0.2, 0) is 5.41 Å². The second-order valence-corrected chi connectivity index (χ2v) is 9.14. The summed E-state index contributed by atoms with van der Waals surface area (Å²) in [6.07, 6.45) is 11.1. The van der Waals surface area contributed by atoms with Gasteiger partial charge in [-0.25, -0.2) is 4.98 Å². The van der Waals surface area contributed by atoms with Gasteiger partial charge in [-0.1, -0.05) is 46.1 Å². The minimum Gasteiger partial charge on any atom is -0.348 e. The lowest BCUT2D eigenvalue weighted by atomic mass is 9.89. The van der Waals surface area contributed by atoms with Gasteiger partial charge < -0.3 is 9.97 Å². The zero-order valence-corrected chi connectivity index (χ0v) is 17.6. The first kappa shape index (κ1) is 20.4. The molecule has 0 spiro atoms. The van der Waals surface area contributed by atoms with Crippen LogP contribution < -0.4 is 21.8 Å². The average molecular weight is 385 g/mol. The lowest BCUT2D eigenvalue weighted by Gasteiger charge is -2.19. The van der Waals surface area contributed by atoms with Gasteiger partial charge in [-0.05, 0) is 38.7 Å². The fourth-order valence-corrected chi connectivity index (χ4v) is 4.03. The highest BCUT2D eigenvalue weighted by Crippen LogP contribution is 2.24. The van der Waals surface area contributed by atoms with Crippen molar-refractivity contribution in [2.45, 2.75) is 78.2 Å². The summed E-state index contributed by atoms with van der Waals surface area (Å²) in [4.78, 5) is 36.4. The smallest absolute Gasteiger partial charge is 0.275 e. The van der Waals surface area contributed by atoms with Crippen LogP contribution in [0.15, 0.2) is 15.9 Å². The Morgan fingerprint density at radius 1 is 1.18 bits per heavy atom. The monoisotopic (exact) mass is 384 g/mol. The molecular weight excluding hydrogens is 352 g/mol. The molecule has 0 radical (unpaired) electrons. The van der Waals surface area contributed by atoms with Gasteiger partial charge in [0.15, 0.2) is 0 Å². The van der Waals surface area contributed by atoms with Crippen LogP contribution in [0.4, 0.5) is 0 Å². The first-order chi connectivity index (χ1) is 13.2. The molecule has 1 aliphatic carbocycles. The van der Waals surface area contributed by atoms with Gasteiger partial charge in [-0.3, -0.25) is 14.2 Å². The highest BCUT2D eigenvalue weighted by atomic mass is 16.1. The van der Waals surface area contributed by atoms with Gasteiger partial charge in [0.25, 0.3) is 11.1 Å². The quantitative estimate of drug-likeness (QED) is 0.852. The van der Waals surface area contributed by atoms with Crippen LogP contribution in [0.3, 0.4) is 0 Å². The molecule has 3 rings (SSSR count). The summed E-state index contributed by atoms with van der Waals surface area (Å²) in [6.45, 7) is 10.1. The third-order valence-corrected chi connectivity index (χ3v) is 5.45. The molecule has 0 amide bonds. The van der Waals surface area contributed by atoms with Crippen LogP contribution in [0.5, 0.6) is 0 Å².